The molecule has 0 bridgehead atoms. The minimum atomic E-state index is -4.68. The third kappa shape index (κ3) is 4.03. The summed E-state index contributed by atoms with van der Waals surface area (Å²) >= 11 is 0. The van der Waals surface area contributed by atoms with Gasteiger partial charge in [-0.25, -0.2) is 36.1 Å². The Kier molecular flexibility index (Phi) is 5.67. The molecule has 0 spiro atoms. The molecular formula is C14H11F3N2O6S. The summed E-state index contributed by atoms with van der Waals surface area (Å²) in [4.78, 5) is 14.3. The summed E-state index contributed by atoms with van der Waals surface area (Å²) in [6.07, 6.45) is -0.966. The number of methoxy groups -OCH3 is 1. The minimum Gasteiger partial charge on any atom is -0.480 e. The number of nitrogens with one attached hydrogen (secondary N) is 1. The summed E-state index contributed by atoms with van der Waals surface area (Å²) in [6.45, 7) is -1.01. The van der Waals surface area contributed by atoms with Crippen LogP contribution in [0.3, 0.4) is 0 Å². The number of aliphatic hydroxyl groups is 1. The maximum atomic E-state index is 13.9. The molecule has 0 unspecified atom stereocenters. The third-order valence-electron chi connectivity index (χ3n) is 3.00. The van der Waals surface area contributed by atoms with E-state index in [0.29, 0.717) is 18.3 Å². The SMILES string of the molecule is COc1ncc(F)cc1S(=O)(=O)NC(=O)Oc1ccc(F)c(CO)c1F. The van der Waals surface area contributed by atoms with Crippen LogP contribution in [0, 0.1) is 17.5 Å². The molecule has 0 aliphatic heterocycles. The maximum absolute atomic E-state index is 13.9. The van der Waals surface area contributed by atoms with Crippen molar-refractivity contribution in [3.63, 3.8) is 0 Å². The van der Waals surface area contributed by atoms with E-state index in [9.17, 15) is 26.4 Å². The molecule has 8 nitrogen and oxygen atoms in total. The molecule has 0 fully saturated rings. The fourth-order valence-electron chi connectivity index (χ4n) is 1.84. The van der Waals surface area contributed by atoms with Crippen LogP contribution in [0.15, 0.2) is 29.3 Å². The van der Waals surface area contributed by atoms with Crippen LogP contribution in [-0.2, 0) is 16.6 Å². The van der Waals surface area contributed by atoms with E-state index in [1.807, 2.05) is 0 Å². The molecule has 2 aromatic rings. The zero-order chi connectivity index (χ0) is 19.5. The molecule has 12 heteroatoms. The number of rotatable bonds is 5. The average Bonchev–Trinajstić information content (AvgIpc) is 2.57. The number of ether oxygens (including phenoxy) is 2. The molecule has 0 saturated carbocycles. The number of aromatic nitrogens is 1. The fourth-order valence-corrected chi connectivity index (χ4v) is 2.84. The Balaban J connectivity index is 2.26. The van der Waals surface area contributed by atoms with Crippen molar-refractivity contribution in [2.24, 2.45) is 0 Å². The Labute approximate surface area is 145 Å². The summed E-state index contributed by atoms with van der Waals surface area (Å²) in [6, 6.07) is 1.98. The van der Waals surface area contributed by atoms with E-state index in [2.05, 4.69) is 14.5 Å². The lowest BCUT2D eigenvalue weighted by Crippen LogP contribution is -2.33. The monoisotopic (exact) mass is 392 g/mol. The molecule has 2 N–H and O–H groups in total. The molecule has 140 valence electrons. The number of halogens is 3. The van der Waals surface area contributed by atoms with E-state index in [4.69, 9.17) is 5.11 Å². The van der Waals surface area contributed by atoms with Gasteiger partial charge >= 0.3 is 6.09 Å². The lowest BCUT2D eigenvalue weighted by atomic mass is 10.2. The van der Waals surface area contributed by atoms with Gasteiger partial charge < -0.3 is 14.6 Å². The van der Waals surface area contributed by atoms with Crippen LogP contribution in [-0.4, -0.2) is 31.7 Å². The molecule has 1 heterocycles. The second-order valence-corrected chi connectivity index (χ2v) is 6.30. The Morgan fingerprint density at radius 1 is 1.31 bits per heavy atom. The predicted octanol–water partition coefficient (Wildman–Crippen LogP) is 1.48. The van der Waals surface area contributed by atoms with Crippen molar-refractivity contribution in [2.45, 2.75) is 11.5 Å². The smallest absolute Gasteiger partial charge is 0.426 e. The highest BCUT2D eigenvalue weighted by Gasteiger charge is 2.26. The molecule has 0 radical (unpaired) electrons. The Morgan fingerprint density at radius 3 is 2.62 bits per heavy atom. The molecule has 0 saturated heterocycles. The first-order chi connectivity index (χ1) is 12.2. The number of sulfonamides is 1. The summed E-state index contributed by atoms with van der Waals surface area (Å²) in [5, 5.41) is 8.89. The van der Waals surface area contributed by atoms with Crippen LogP contribution in [0.25, 0.3) is 0 Å². The molecule has 0 aliphatic carbocycles. The van der Waals surface area contributed by atoms with Crippen molar-refractivity contribution in [1.29, 1.82) is 0 Å². The Morgan fingerprint density at radius 2 is 2.00 bits per heavy atom. The molecule has 0 atom stereocenters. The van der Waals surface area contributed by atoms with Crippen molar-refractivity contribution < 1.29 is 41.0 Å². The highest BCUT2D eigenvalue weighted by atomic mass is 32.2. The number of hydrogen-bond donors (Lipinski definition) is 2. The normalized spacial score (nSPS) is 11.1. The lowest BCUT2D eigenvalue weighted by molar-refractivity contribution is 0.203. The lowest BCUT2D eigenvalue weighted by Gasteiger charge is -2.11. The number of amides is 1. The Hall–Kier alpha value is -2.86. The van der Waals surface area contributed by atoms with Gasteiger partial charge in [-0.05, 0) is 12.1 Å². The second-order valence-electron chi connectivity index (χ2n) is 4.65. The van der Waals surface area contributed by atoms with Gasteiger partial charge in [0, 0.05) is 6.07 Å². The van der Waals surface area contributed by atoms with Crippen molar-refractivity contribution in [1.82, 2.24) is 9.71 Å². The van der Waals surface area contributed by atoms with Gasteiger partial charge in [0.15, 0.2) is 16.5 Å². The van der Waals surface area contributed by atoms with Crippen LogP contribution in [0.2, 0.25) is 0 Å². The Bertz CT molecular complexity index is 952. The largest absolute Gasteiger partial charge is 0.480 e. The van der Waals surface area contributed by atoms with Gasteiger partial charge in [0.25, 0.3) is 10.0 Å². The van der Waals surface area contributed by atoms with Gasteiger partial charge in [0.05, 0.1) is 25.5 Å². The van der Waals surface area contributed by atoms with Gasteiger partial charge in [0.1, 0.15) is 11.6 Å². The van der Waals surface area contributed by atoms with Crippen molar-refractivity contribution in [3.05, 3.63) is 47.4 Å². The van der Waals surface area contributed by atoms with Crippen LogP contribution in [0.1, 0.15) is 5.56 Å². The highest BCUT2D eigenvalue weighted by Crippen LogP contribution is 2.24. The molecule has 1 amide bonds. The number of benzene rings is 1. The summed E-state index contributed by atoms with van der Waals surface area (Å²) < 4.78 is 75.2. The average molecular weight is 392 g/mol. The summed E-state index contributed by atoms with van der Waals surface area (Å²) in [5.41, 5.74) is -0.769. The van der Waals surface area contributed by atoms with Crippen LogP contribution in [0.5, 0.6) is 11.6 Å². The van der Waals surface area contributed by atoms with Crippen molar-refractivity contribution in [3.8, 4) is 11.6 Å². The third-order valence-corrected chi connectivity index (χ3v) is 4.30. The molecule has 0 aliphatic rings. The minimum absolute atomic E-state index is 0.498. The first-order valence-corrected chi connectivity index (χ1v) is 8.19. The topological polar surface area (TPSA) is 115 Å². The zero-order valence-corrected chi connectivity index (χ0v) is 13.8. The number of pyridine rings is 1. The highest BCUT2D eigenvalue weighted by molar-refractivity contribution is 7.90. The first kappa shape index (κ1) is 19.5. The number of carbonyl (C=O) groups excluding carboxylic acids is 1. The second kappa shape index (κ2) is 7.58. The van der Waals surface area contributed by atoms with E-state index in [1.54, 1.807) is 0 Å². The van der Waals surface area contributed by atoms with Gasteiger partial charge in [-0.2, -0.15) is 0 Å². The van der Waals surface area contributed by atoms with Gasteiger partial charge in [0.2, 0.25) is 5.88 Å². The van der Waals surface area contributed by atoms with Gasteiger partial charge in [-0.1, -0.05) is 0 Å². The van der Waals surface area contributed by atoms with E-state index in [-0.39, 0.29) is 0 Å². The first-order valence-electron chi connectivity index (χ1n) is 6.71. The molecule has 1 aromatic carbocycles. The molecule has 2 rings (SSSR count). The molecule has 1 aromatic heterocycles. The number of carbonyl (C=O) groups is 1. The van der Waals surface area contributed by atoms with E-state index >= 15 is 0 Å². The maximum Gasteiger partial charge on any atom is 0.426 e. The van der Waals surface area contributed by atoms with E-state index in [1.165, 1.54) is 4.72 Å². The summed E-state index contributed by atoms with van der Waals surface area (Å²) in [5.74, 6) is -4.81. The van der Waals surface area contributed by atoms with Gasteiger partial charge in [-0.15, -0.1) is 0 Å². The zero-order valence-electron chi connectivity index (χ0n) is 13.0. The quantitative estimate of drug-likeness (QED) is 0.792. The van der Waals surface area contributed by atoms with E-state index in [0.717, 1.165) is 13.2 Å². The summed E-state index contributed by atoms with van der Waals surface area (Å²) in [7, 11) is -3.61. The number of nitrogens with zero attached hydrogens (tertiary/aromatic N) is 1. The number of hydrogen-bond acceptors (Lipinski definition) is 7. The van der Waals surface area contributed by atoms with Gasteiger partial charge in [-0.3, -0.25) is 0 Å². The van der Waals surface area contributed by atoms with E-state index < -0.39 is 62.3 Å². The van der Waals surface area contributed by atoms with Crippen LogP contribution in [0.4, 0.5) is 18.0 Å². The number of aliphatic hydroxyl groups excluding tert-OH is 1. The van der Waals surface area contributed by atoms with Crippen molar-refractivity contribution in [2.75, 3.05) is 7.11 Å². The predicted molar refractivity (Wildman–Crippen MR) is 79.4 cm³/mol. The standard InChI is InChI=1S/C14H11F3N2O6S/c1-24-13-11(4-7(15)5-18-13)26(22,23)19-14(21)25-10-3-2-9(16)8(6-20)12(10)17/h2-5,20H,6H2,1H3,(H,19,21). The van der Waals surface area contributed by atoms with Crippen molar-refractivity contribution >= 4 is 16.1 Å². The van der Waals surface area contributed by atoms with Crippen LogP contribution >= 0.6 is 0 Å². The fraction of sp³-hybridized carbons (Fsp3) is 0.143. The molecular weight excluding hydrogens is 381 g/mol. The van der Waals surface area contributed by atoms with Crippen LogP contribution < -0.4 is 14.2 Å². The molecule has 26 heavy (non-hydrogen) atoms.